The van der Waals surface area contributed by atoms with Crippen molar-refractivity contribution >= 4 is 39.9 Å². The molecule has 0 unspecified atom stereocenters. The van der Waals surface area contributed by atoms with Gasteiger partial charge in [0.15, 0.2) is 11.5 Å². The lowest BCUT2D eigenvalue weighted by molar-refractivity contribution is 0.0947. The summed E-state index contributed by atoms with van der Waals surface area (Å²) in [5.41, 5.74) is 2.26. The molecule has 1 amide bonds. The van der Waals surface area contributed by atoms with E-state index in [1.54, 1.807) is 42.3 Å². The number of methoxy groups -OCH3 is 2. The van der Waals surface area contributed by atoms with Crippen molar-refractivity contribution in [2.24, 2.45) is 0 Å². The summed E-state index contributed by atoms with van der Waals surface area (Å²) < 4.78 is 10.6. The van der Waals surface area contributed by atoms with Crippen LogP contribution in [0.3, 0.4) is 0 Å². The number of ether oxygens (including phenoxy) is 2. The zero-order chi connectivity index (χ0) is 21.1. The third-order valence-corrected chi connectivity index (χ3v) is 7.10. The molecule has 3 aromatic heterocycles. The van der Waals surface area contributed by atoms with Crippen molar-refractivity contribution in [1.29, 1.82) is 0 Å². The molecule has 0 aliphatic carbocycles. The molecule has 0 bridgehead atoms. The summed E-state index contributed by atoms with van der Waals surface area (Å²) in [4.78, 5) is 23.7. The first-order valence-electron chi connectivity index (χ1n) is 9.04. The highest BCUT2D eigenvalue weighted by Crippen LogP contribution is 2.33. The third-order valence-electron chi connectivity index (χ3n) is 4.32. The summed E-state index contributed by atoms with van der Waals surface area (Å²) in [6.45, 7) is 2.45. The zero-order valence-electron chi connectivity index (χ0n) is 16.6. The van der Waals surface area contributed by atoms with Crippen LogP contribution in [0.4, 0.5) is 0 Å². The molecule has 0 saturated carbocycles. The van der Waals surface area contributed by atoms with E-state index in [0.29, 0.717) is 23.7 Å². The first-order chi connectivity index (χ1) is 14.6. The Kier molecular flexibility index (Phi) is 6.12. The van der Waals surface area contributed by atoms with Crippen LogP contribution in [-0.4, -0.2) is 30.1 Å². The third kappa shape index (κ3) is 4.38. The standard InChI is InChI=1S/C21H19N3O3S3/c1-12-23-15(10-28-12)19-7-5-14(30-19)9-22-20(25)16-11-29-21(24-16)13-4-6-17(26-2)18(8-13)27-3/h4-8,10-11H,9H2,1-3H3,(H,22,25). The van der Waals surface area contributed by atoms with Gasteiger partial charge in [0, 0.05) is 21.2 Å². The minimum atomic E-state index is -0.197. The van der Waals surface area contributed by atoms with Gasteiger partial charge in [0.1, 0.15) is 10.7 Å². The number of rotatable bonds is 7. The van der Waals surface area contributed by atoms with Gasteiger partial charge in [-0.05, 0) is 37.3 Å². The number of aryl methyl sites for hydroxylation is 1. The zero-order valence-corrected chi connectivity index (χ0v) is 19.0. The van der Waals surface area contributed by atoms with Crippen LogP contribution < -0.4 is 14.8 Å². The van der Waals surface area contributed by atoms with Gasteiger partial charge in [0.25, 0.3) is 5.91 Å². The van der Waals surface area contributed by atoms with Crippen molar-refractivity contribution in [1.82, 2.24) is 15.3 Å². The highest BCUT2D eigenvalue weighted by Gasteiger charge is 2.14. The van der Waals surface area contributed by atoms with Crippen LogP contribution in [-0.2, 0) is 6.54 Å². The molecule has 0 saturated heterocycles. The molecule has 0 radical (unpaired) electrons. The maximum atomic E-state index is 12.5. The van der Waals surface area contributed by atoms with Crippen molar-refractivity contribution in [3.63, 3.8) is 0 Å². The number of hydrogen-bond donors (Lipinski definition) is 1. The first kappa shape index (κ1) is 20.5. The first-order valence-corrected chi connectivity index (χ1v) is 11.6. The minimum absolute atomic E-state index is 0.197. The van der Waals surface area contributed by atoms with E-state index in [1.807, 2.05) is 37.3 Å². The fraction of sp³-hybridized carbons (Fsp3) is 0.190. The molecule has 0 spiro atoms. The molecule has 9 heteroatoms. The minimum Gasteiger partial charge on any atom is -0.493 e. The van der Waals surface area contributed by atoms with Crippen LogP contribution in [0.15, 0.2) is 41.1 Å². The summed E-state index contributed by atoms with van der Waals surface area (Å²) in [5, 5.41) is 8.55. The molecule has 154 valence electrons. The van der Waals surface area contributed by atoms with Crippen molar-refractivity contribution in [3.8, 4) is 32.6 Å². The predicted octanol–water partition coefficient (Wildman–Crippen LogP) is 5.25. The number of nitrogens with zero attached hydrogens (tertiary/aromatic N) is 2. The van der Waals surface area contributed by atoms with Gasteiger partial charge in [-0.15, -0.1) is 34.0 Å². The Morgan fingerprint density at radius 2 is 1.87 bits per heavy atom. The fourth-order valence-corrected chi connectivity index (χ4v) is 5.22. The molecule has 0 aliphatic heterocycles. The molecule has 4 rings (SSSR count). The summed E-state index contributed by atoms with van der Waals surface area (Å²) in [6.07, 6.45) is 0. The molecule has 0 aliphatic rings. The Morgan fingerprint density at radius 3 is 2.60 bits per heavy atom. The van der Waals surface area contributed by atoms with Crippen molar-refractivity contribution in [2.75, 3.05) is 14.2 Å². The number of nitrogens with one attached hydrogen (secondary N) is 1. The SMILES string of the molecule is COc1ccc(-c2nc(C(=O)NCc3ccc(-c4csc(C)n4)s3)cs2)cc1OC. The lowest BCUT2D eigenvalue weighted by Gasteiger charge is -2.08. The van der Waals surface area contributed by atoms with Crippen LogP contribution in [0.5, 0.6) is 11.5 Å². The second-order valence-electron chi connectivity index (χ2n) is 6.31. The molecular formula is C21H19N3O3S3. The van der Waals surface area contributed by atoms with Crippen molar-refractivity contribution < 1.29 is 14.3 Å². The van der Waals surface area contributed by atoms with Gasteiger partial charge in [-0.2, -0.15) is 0 Å². The van der Waals surface area contributed by atoms with E-state index in [2.05, 4.69) is 20.7 Å². The average Bonchev–Trinajstić information content (AvgIpc) is 3.52. The monoisotopic (exact) mass is 457 g/mol. The topological polar surface area (TPSA) is 73.3 Å². The van der Waals surface area contributed by atoms with E-state index >= 15 is 0 Å². The lowest BCUT2D eigenvalue weighted by Crippen LogP contribution is -2.22. The van der Waals surface area contributed by atoms with Gasteiger partial charge in [0.05, 0.1) is 36.3 Å². The van der Waals surface area contributed by atoms with Gasteiger partial charge in [-0.1, -0.05) is 0 Å². The molecule has 0 atom stereocenters. The average molecular weight is 458 g/mol. The number of amides is 1. The largest absolute Gasteiger partial charge is 0.493 e. The molecule has 6 nitrogen and oxygen atoms in total. The van der Waals surface area contributed by atoms with Crippen molar-refractivity contribution in [3.05, 3.63) is 56.7 Å². The quantitative estimate of drug-likeness (QED) is 0.410. The van der Waals surface area contributed by atoms with Gasteiger partial charge in [-0.3, -0.25) is 4.79 Å². The van der Waals surface area contributed by atoms with Crippen LogP contribution in [0.25, 0.3) is 21.1 Å². The molecule has 0 fully saturated rings. The van der Waals surface area contributed by atoms with E-state index in [9.17, 15) is 4.79 Å². The van der Waals surface area contributed by atoms with Crippen LogP contribution in [0.2, 0.25) is 0 Å². The van der Waals surface area contributed by atoms with Gasteiger partial charge in [-0.25, -0.2) is 9.97 Å². The normalized spacial score (nSPS) is 10.8. The maximum absolute atomic E-state index is 12.5. The number of thiophene rings is 1. The van der Waals surface area contributed by atoms with Crippen LogP contribution in [0, 0.1) is 6.92 Å². The van der Waals surface area contributed by atoms with E-state index in [1.165, 1.54) is 11.3 Å². The van der Waals surface area contributed by atoms with Gasteiger partial charge >= 0.3 is 0 Å². The van der Waals surface area contributed by atoms with E-state index in [0.717, 1.165) is 31.0 Å². The van der Waals surface area contributed by atoms with E-state index in [-0.39, 0.29) is 5.91 Å². The molecule has 1 aromatic carbocycles. The summed E-state index contributed by atoms with van der Waals surface area (Å²) in [5.74, 6) is 1.08. The summed E-state index contributed by atoms with van der Waals surface area (Å²) >= 11 is 4.68. The molecule has 1 N–H and O–H groups in total. The number of carbonyl (C=O) groups excluding carboxylic acids is 1. The molecule has 30 heavy (non-hydrogen) atoms. The Hall–Kier alpha value is -2.75. The number of carbonyl (C=O) groups is 1. The lowest BCUT2D eigenvalue weighted by atomic mass is 10.2. The van der Waals surface area contributed by atoms with Crippen LogP contribution >= 0.6 is 34.0 Å². The van der Waals surface area contributed by atoms with Gasteiger partial charge < -0.3 is 14.8 Å². The van der Waals surface area contributed by atoms with Gasteiger partial charge in [0.2, 0.25) is 0 Å². The Balaban J connectivity index is 1.42. The smallest absolute Gasteiger partial charge is 0.271 e. The summed E-state index contributed by atoms with van der Waals surface area (Å²) in [7, 11) is 3.19. The highest BCUT2D eigenvalue weighted by molar-refractivity contribution is 7.16. The molecule has 3 heterocycles. The highest BCUT2D eigenvalue weighted by atomic mass is 32.1. The number of aromatic nitrogens is 2. The fourth-order valence-electron chi connectivity index (χ4n) is 2.83. The maximum Gasteiger partial charge on any atom is 0.271 e. The Labute approximate surface area is 186 Å². The number of thiazole rings is 2. The van der Waals surface area contributed by atoms with Crippen molar-refractivity contribution in [2.45, 2.75) is 13.5 Å². The Morgan fingerprint density at radius 1 is 1.03 bits per heavy atom. The molecule has 4 aromatic rings. The second-order valence-corrected chi connectivity index (χ2v) is 9.40. The second kappa shape index (κ2) is 8.95. The number of benzene rings is 1. The number of hydrogen-bond acceptors (Lipinski definition) is 8. The summed E-state index contributed by atoms with van der Waals surface area (Å²) in [6, 6.07) is 9.64. The predicted molar refractivity (Wildman–Crippen MR) is 122 cm³/mol. The van der Waals surface area contributed by atoms with E-state index < -0.39 is 0 Å². The molecular weight excluding hydrogens is 438 g/mol. The van der Waals surface area contributed by atoms with E-state index in [4.69, 9.17) is 9.47 Å². The van der Waals surface area contributed by atoms with Crippen LogP contribution in [0.1, 0.15) is 20.4 Å². The Bertz CT molecular complexity index is 1180.